The van der Waals surface area contributed by atoms with Crippen LogP contribution in [0.15, 0.2) is 60.7 Å². The van der Waals surface area contributed by atoms with Gasteiger partial charge in [-0.25, -0.2) is 4.79 Å². The van der Waals surface area contributed by atoms with Gasteiger partial charge in [-0.15, -0.1) is 0 Å². The first kappa shape index (κ1) is 21.6. The summed E-state index contributed by atoms with van der Waals surface area (Å²) in [5, 5.41) is 2.73. The second-order valence-corrected chi connectivity index (χ2v) is 7.72. The molecule has 2 amide bonds. The lowest BCUT2D eigenvalue weighted by atomic mass is 9.97. The van der Waals surface area contributed by atoms with E-state index in [9.17, 15) is 14.4 Å². The highest BCUT2D eigenvalue weighted by molar-refractivity contribution is 5.97. The smallest absolute Gasteiger partial charge is 0.333 e. The van der Waals surface area contributed by atoms with Crippen LogP contribution >= 0.6 is 0 Å². The highest BCUT2D eigenvalue weighted by atomic mass is 16.5. The molecular formula is C24H28N2O4. The van der Waals surface area contributed by atoms with Gasteiger partial charge in [0.15, 0.2) is 12.6 Å². The molecule has 1 fully saturated rings. The highest BCUT2D eigenvalue weighted by Gasteiger charge is 2.31. The lowest BCUT2D eigenvalue weighted by Crippen LogP contribution is -2.49. The predicted molar refractivity (Wildman–Crippen MR) is 114 cm³/mol. The minimum Gasteiger partial charge on any atom is -0.454 e. The Bertz CT molecular complexity index is 859. The maximum absolute atomic E-state index is 12.9. The maximum atomic E-state index is 12.9. The van der Waals surface area contributed by atoms with E-state index in [1.807, 2.05) is 26.0 Å². The molecule has 1 aliphatic heterocycles. The van der Waals surface area contributed by atoms with Crippen LogP contribution in [0.25, 0.3) is 0 Å². The van der Waals surface area contributed by atoms with Crippen LogP contribution in [0.2, 0.25) is 0 Å². The summed E-state index contributed by atoms with van der Waals surface area (Å²) in [7, 11) is 0. The molecule has 0 radical (unpaired) electrons. The van der Waals surface area contributed by atoms with Crippen LogP contribution in [0.3, 0.4) is 0 Å². The molecule has 0 bridgehead atoms. The van der Waals surface area contributed by atoms with Gasteiger partial charge in [-0.05, 0) is 50.8 Å². The molecule has 30 heavy (non-hydrogen) atoms. The number of benzene rings is 2. The molecule has 2 aromatic rings. The molecule has 3 rings (SSSR count). The fraction of sp³-hybridized carbons (Fsp3) is 0.375. The van der Waals surface area contributed by atoms with E-state index < -0.39 is 12.0 Å². The van der Waals surface area contributed by atoms with E-state index in [-0.39, 0.29) is 30.5 Å². The molecule has 1 N–H and O–H groups in total. The van der Waals surface area contributed by atoms with E-state index in [1.54, 1.807) is 53.4 Å². The van der Waals surface area contributed by atoms with Crippen LogP contribution in [-0.4, -0.2) is 41.4 Å². The lowest BCUT2D eigenvalue weighted by Gasteiger charge is -2.38. The minimum atomic E-state index is -0.997. The van der Waals surface area contributed by atoms with E-state index >= 15 is 0 Å². The average molecular weight is 408 g/mol. The lowest BCUT2D eigenvalue weighted by molar-refractivity contribution is -0.156. The number of nitrogens with one attached hydrogen (secondary N) is 1. The Morgan fingerprint density at radius 1 is 0.967 bits per heavy atom. The van der Waals surface area contributed by atoms with E-state index in [0.717, 1.165) is 19.3 Å². The summed E-state index contributed by atoms with van der Waals surface area (Å²) in [5.41, 5.74) is 1.04. The number of carbonyl (C=O) groups is 3. The number of likely N-dealkylation sites (tertiary alicyclic amines) is 1. The number of hydrogen-bond donors (Lipinski definition) is 1. The normalized spacial score (nSPS) is 19.6. The fourth-order valence-corrected chi connectivity index (χ4v) is 3.93. The predicted octanol–water partition coefficient (Wildman–Crippen LogP) is 3.49. The van der Waals surface area contributed by atoms with Crippen LogP contribution in [0.1, 0.15) is 55.1 Å². The van der Waals surface area contributed by atoms with Crippen LogP contribution in [-0.2, 0) is 14.3 Å². The van der Waals surface area contributed by atoms with Gasteiger partial charge >= 0.3 is 5.97 Å². The van der Waals surface area contributed by atoms with Gasteiger partial charge in [-0.2, -0.15) is 0 Å². The Balaban J connectivity index is 1.69. The number of rotatable bonds is 6. The Morgan fingerprint density at radius 2 is 1.53 bits per heavy atom. The molecule has 3 unspecified atom stereocenters. The molecular weight excluding hydrogens is 380 g/mol. The SMILES string of the molecule is CC1CCCC(C)N1C(=O)COC(=O)C(NC(=O)c1ccccc1)c1ccccc1. The summed E-state index contributed by atoms with van der Waals surface area (Å²) in [6.07, 6.45) is 2.99. The highest BCUT2D eigenvalue weighted by Crippen LogP contribution is 2.23. The summed E-state index contributed by atoms with van der Waals surface area (Å²) in [6.45, 7) is 3.70. The summed E-state index contributed by atoms with van der Waals surface area (Å²) < 4.78 is 5.36. The van der Waals surface area contributed by atoms with Crippen molar-refractivity contribution in [3.8, 4) is 0 Å². The largest absolute Gasteiger partial charge is 0.454 e. The zero-order valence-corrected chi connectivity index (χ0v) is 17.4. The second kappa shape index (κ2) is 10.1. The third-order valence-corrected chi connectivity index (χ3v) is 5.50. The number of esters is 1. The number of carbonyl (C=O) groups excluding carboxylic acids is 3. The first-order valence-electron chi connectivity index (χ1n) is 10.4. The van der Waals surface area contributed by atoms with Crippen molar-refractivity contribution in [2.75, 3.05) is 6.61 Å². The first-order chi connectivity index (χ1) is 14.5. The zero-order valence-electron chi connectivity index (χ0n) is 17.4. The molecule has 3 atom stereocenters. The maximum Gasteiger partial charge on any atom is 0.333 e. The van der Waals surface area contributed by atoms with E-state index in [1.165, 1.54) is 0 Å². The van der Waals surface area contributed by atoms with Gasteiger partial charge in [0.1, 0.15) is 0 Å². The molecule has 0 spiro atoms. The van der Waals surface area contributed by atoms with Crippen molar-refractivity contribution in [1.29, 1.82) is 0 Å². The minimum absolute atomic E-state index is 0.127. The van der Waals surface area contributed by atoms with Crippen LogP contribution < -0.4 is 5.32 Å². The molecule has 0 aliphatic carbocycles. The summed E-state index contributed by atoms with van der Waals surface area (Å²) in [6, 6.07) is 16.8. The van der Waals surface area contributed by atoms with Crippen LogP contribution in [0, 0.1) is 0 Å². The van der Waals surface area contributed by atoms with E-state index in [0.29, 0.717) is 11.1 Å². The van der Waals surface area contributed by atoms with Crippen molar-refractivity contribution in [3.63, 3.8) is 0 Å². The fourth-order valence-electron chi connectivity index (χ4n) is 3.93. The Morgan fingerprint density at radius 3 is 2.13 bits per heavy atom. The Kier molecular flexibility index (Phi) is 7.22. The molecule has 0 aromatic heterocycles. The first-order valence-corrected chi connectivity index (χ1v) is 10.4. The topological polar surface area (TPSA) is 75.7 Å². The van der Waals surface area contributed by atoms with Crippen molar-refractivity contribution >= 4 is 17.8 Å². The van der Waals surface area contributed by atoms with Crippen LogP contribution in [0.5, 0.6) is 0 Å². The third-order valence-electron chi connectivity index (χ3n) is 5.50. The monoisotopic (exact) mass is 408 g/mol. The Labute approximate surface area is 177 Å². The van der Waals surface area contributed by atoms with Crippen LogP contribution in [0.4, 0.5) is 0 Å². The number of ether oxygens (including phenoxy) is 1. The quantitative estimate of drug-likeness (QED) is 0.743. The van der Waals surface area contributed by atoms with Gasteiger partial charge in [0.25, 0.3) is 11.8 Å². The van der Waals surface area contributed by atoms with Crippen molar-refractivity contribution < 1.29 is 19.1 Å². The summed E-state index contributed by atoms with van der Waals surface area (Å²) >= 11 is 0. The Hall–Kier alpha value is -3.15. The molecule has 2 aromatic carbocycles. The van der Waals surface area contributed by atoms with Crippen molar-refractivity contribution in [2.45, 2.75) is 51.2 Å². The molecule has 6 nitrogen and oxygen atoms in total. The van der Waals surface area contributed by atoms with Gasteiger partial charge in [0, 0.05) is 17.6 Å². The van der Waals surface area contributed by atoms with Crippen molar-refractivity contribution in [3.05, 3.63) is 71.8 Å². The molecule has 6 heteroatoms. The van der Waals surface area contributed by atoms with Gasteiger partial charge < -0.3 is 15.0 Å². The second-order valence-electron chi connectivity index (χ2n) is 7.72. The summed E-state index contributed by atoms with van der Waals surface area (Å²) in [4.78, 5) is 40.0. The van der Waals surface area contributed by atoms with E-state index in [2.05, 4.69) is 5.32 Å². The number of amides is 2. The molecule has 1 heterocycles. The van der Waals surface area contributed by atoms with Gasteiger partial charge in [0.2, 0.25) is 0 Å². The molecule has 1 saturated heterocycles. The van der Waals surface area contributed by atoms with Gasteiger partial charge in [-0.1, -0.05) is 48.5 Å². The summed E-state index contributed by atoms with van der Waals surface area (Å²) in [5.74, 6) is -1.24. The molecule has 0 saturated carbocycles. The standard InChI is InChI=1S/C24H28N2O4/c1-17-10-9-11-18(2)26(17)21(27)16-30-24(29)22(19-12-5-3-6-13-19)25-23(28)20-14-7-4-8-15-20/h3-8,12-15,17-18,22H,9-11,16H2,1-2H3,(H,25,28). The molecule has 158 valence electrons. The number of hydrogen-bond acceptors (Lipinski definition) is 4. The van der Waals surface area contributed by atoms with E-state index in [4.69, 9.17) is 4.74 Å². The van der Waals surface area contributed by atoms with Gasteiger partial charge in [-0.3, -0.25) is 9.59 Å². The number of nitrogens with zero attached hydrogens (tertiary/aromatic N) is 1. The van der Waals surface area contributed by atoms with Crippen molar-refractivity contribution in [2.24, 2.45) is 0 Å². The number of piperidine rings is 1. The molecule has 1 aliphatic rings. The van der Waals surface area contributed by atoms with Crippen molar-refractivity contribution in [1.82, 2.24) is 10.2 Å². The third kappa shape index (κ3) is 5.26. The average Bonchev–Trinajstić information content (AvgIpc) is 2.76. The zero-order chi connectivity index (χ0) is 21.5. The van der Waals surface area contributed by atoms with Gasteiger partial charge in [0.05, 0.1) is 0 Å².